The molecule has 7 rings (SSSR count). The maximum Gasteiger partial charge on any atom is 0.285 e. The normalized spacial score (nSPS) is 28.5. The van der Waals surface area contributed by atoms with Gasteiger partial charge in [-0.1, -0.05) is 42.7 Å². The molecule has 11 nitrogen and oxygen atoms in total. The first kappa shape index (κ1) is 39.0. The van der Waals surface area contributed by atoms with Crippen molar-refractivity contribution >= 4 is 44.4 Å². The molecule has 55 heavy (non-hydrogen) atoms. The number of halogens is 1. The lowest BCUT2D eigenvalue weighted by atomic mass is 9.68. The van der Waals surface area contributed by atoms with Crippen LogP contribution in [0, 0.1) is 29.6 Å². The summed E-state index contributed by atoms with van der Waals surface area (Å²) in [5.41, 5.74) is 4.75. The highest BCUT2D eigenvalue weighted by Crippen LogP contribution is 2.47. The number of amides is 2. The van der Waals surface area contributed by atoms with Crippen molar-refractivity contribution in [3.63, 3.8) is 0 Å². The number of carbonyl (C=O) groups excluding carboxylic acids is 2. The molecule has 13 heteroatoms. The number of allylic oxidation sites excluding steroid dienone is 1. The monoisotopic (exact) mass is 785 g/mol. The highest BCUT2D eigenvalue weighted by Gasteiger charge is 2.44. The molecule has 6 atom stereocenters. The van der Waals surface area contributed by atoms with E-state index in [-0.39, 0.29) is 46.6 Å². The largest absolute Gasteiger partial charge is 0.490 e. The number of aliphatic imine (C=N–C) groups is 1. The van der Waals surface area contributed by atoms with E-state index in [0.29, 0.717) is 37.2 Å². The van der Waals surface area contributed by atoms with Crippen molar-refractivity contribution in [3.05, 3.63) is 87.7 Å². The Morgan fingerprint density at radius 2 is 2.07 bits per heavy atom. The van der Waals surface area contributed by atoms with Gasteiger partial charge in [-0.05, 0) is 104 Å². The Kier molecular flexibility index (Phi) is 11.7. The third-order valence-corrected chi connectivity index (χ3v) is 13.5. The Morgan fingerprint density at radius 3 is 2.85 bits per heavy atom. The number of methoxy groups -OCH3 is 2. The van der Waals surface area contributed by atoms with E-state index in [1.165, 1.54) is 29.1 Å². The van der Waals surface area contributed by atoms with Gasteiger partial charge in [0.1, 0.15) is 23.6 Å². The Hall–Kier alpha value is -4.28. The average molecular weight is 786 g/mol. The van der Waals surface area contributed by atoms with Crippen molar-refractivity contribution in [3.8, 4) is 17.6 Å². The molecule has 0 radical (unpaired) electrons. The van der Waals surface area contributed by atoms with Gasteiger partial charge in [-0.25, -0.2) is 9.20 Å². The molecule has 1 fully saturated rings. The number of carbonyl (C=O) groups is 2. The summed E-state index contributed by atoms with van der Waals surface area (Å²) in [5.74, 6) is 5.55. The molecule has 3 heterocycles. The van der Waals surface area contributed by atoms with E-state index in [9.17, 15) is 13.8 Å². The summed E-state index contributed by atoms with van der Waals surface area (Å²) in [6, 6.07) is 11.5. The van der Waals surface area contributed by atoms with E-state index < -0.39 is 21.5 Å². The summed E-state index contributed by atoms with van der Waals surface area (Å²) < 4.78 is 38.2. The van der Waals surface area contributed by atoms with E-state index in [2.05, 4.69) is 55.5 Å². The second-order valence-electron chi connectivity index (χ2n) is 15.4. The number of nitrogens with zero attached hydrogens (tertiary/aromatic N) is 5. The molecule has 3 aromatic rings. The molecule has 2 aliphatic carbocycles. The second kappa shape index (κ2) is 16.4. The van der Waals surface area contributed by atoms with Crippen molar-refractivity contribution in [2.75, 3.05) is 51.2 Å². The number of anilines is 1. The summed E-state index contributed by atoms with van der Waals surface area (Å²) in [7, 11) is 1.49. The molecule has 0 saturated heterocycles. The molecule has 1 saturated carbocycles. The van der Waals surface area contributed by atoms with Crippen molar-refractivity contribution in [1.82, 2.24) is 9.78 Å². The van der Waals surface area contributed by atoms with E-state index in [1.54, 1.807) is 20.2 Å². The lowest BCUT2D eigenvalue weighted by Gasteiger charge is -2.46. The zero-order valence-electron chi connectivity index (χ0n) is 31.8. The molecule has 2 bridgehead atoms. The van der Waals surface area contributed by atoms with Crippen LogP contribution >= 0.6 is 11.6 Å². The first-order valence-corrected chi connectivity index (χ1v) is 21.0. The van der Waals surface area contributed by atoms with Gasteiger partial charge in [0.2, 0.25) is 0 Å². The van der Waals surface area contributed by atoms with Gasteiger partial charge in [-0.3, -0.25) is 14.3 Å². The summed E-state index contributed by atoms with van der Waals surface area (Å²) in [4.78, 5) is 33.9. The number of rotatable bonds is 4. The first-order chi connectivity index (χ1) is 26.5. The van der Waals surface area contributed by atoms with E-state index in [0.717, 1.165) is 54.9 Å². The van der Waals surface area contributed by atoms with Crippen LogP contribution in [0.2, 0.25) is 5.02 Å². The highest BCUT2D eigenvalue weighted by atomic mass is 35.5. The highest BCUT2D eigenvalue weighted by molar-refractivity contribution is 8.06. The Labute approximate surface area is 328 Å². The van der Waals surface area contributed by atoms with Gasteiger partial charge in [-0.2, -0.15) is 9.46 Å². The van der Waals surface area contributed by atoms with Crippen molar-refractivity contribution < 1.29 is 28.0 Å². The van der Waals surface area contributed by atoms with Crippen molar-refractivity contribution in [2.45, 2.75) is 57.0 Å². The standard InChI is InChI=1S/C42H48ClN5O6S/c1-28-8-5-11-38(53-4)33-15-12-31(33)22-48-25-42(18-6-9-29-20-32(43)14-16-35(29)42)26-54-39-17-13-30(21-37(39)48)40(49)46-55(51,24-28)27-44-41(50)34-23-47(2)45-36(34)10-7-19-52-3/h5,11,13-14,16-17,20-21,23,27-28,31,33,38H,6,8-9,12,15,18-19,22,24-26H2,1-4H3/b11-5+,44-27+/t28-,31-,33+,38-,42-,55?/m0/s1. The summed E-state index contributed by atoms with van der Waals surface area (Å²) in [6.45, 7) is 4.08. The fourth-order valence-corrected chi connectivity index (χ4v) is 10.5. The second-order valence-corrected chi connectivity index (χ2v) is 17.9. The Bertz CT molecular complexity index is 2210. The Morgan fingerprint density at radius 1 is 1.22 bits per heavy atom. The quantitative estimate of drug-likeness (QED) is 0.125. The number of fused-ring (bicyclic) bond motifs is 4. The summed E-state index contributed by atoms with van der Waals surface area (Å²) >= 11 is 6.47. The zero-order chi connectivity index (χ0) is 38.7. The number of ether oxygens (including phenoxy) is 3. The predicted molar refractivity (Wildman–Crippen MR) is 215 cm³/mol. The maximum atomic E-state index is 14.6. The van der Waals surface area contributed by atoms with E-state index in [4.69, 9.17) is 25.8 Å². The van der Waals surface area contributed by atoms with Gasteiger partial charge in [0.15, 0.2) is 0 Å². The summed E-state index contributed by atoms with van der Waals surface area (Å²) in [6.07, 6.45) is 11.3. The molecule has 2 aliphatic heterocycles. The van der Waals surface area contributed by atoms with Crippen LogP contribution < -0.4 is 9.64 Å². The predicted octanol–water partition coefficient (Wildman–Crippen LogP) is 6.66. The van der Waals surface area contributed by atoms with Gasteiger partial charge < -0.3 is 19.1 Å². The Balaban J connectivity index is 1.28. The summed E-state index contributed by atoms with van der Waals surface area (Å²) in [5, 5.41) is 4.99. The number of hydrogen-bond acceptors (Lipinski definition) is 8. The van der Waals surface area contributed by atoms with Crippen LogP contribution in [0.25, 0.3) is 0 Å². The lowest BCUT2D eigenvalue weighted by Crippen LogP contribution is -2.49. The van der Waals surface area contributed by atoms with Gasteiger partial charge in [0, 0.05) is 62.3 Å². The topological polar surface area (TPSA) is 125 Å². The fraction of sp³-hybridized carbons (Fsp3) is 0.476. The van der Waals surface area contributed by atoms with Crippen LogP contribution in [-0.4, -0.2) is 83.7 Å². The minimum atomic E-state index is -3.46. The molecule has 1 unspecified atom stereocenters. The molecule has 0 N–H and O–H groups in total. The van der Waals surface area contributed by atoms with Crippen LogP contribution in [0.15, 0.2) is 64.1 Å². The molecule has 1 spiro atoms. The minimum Gasteiger partial charge on any atom is -0.490 e. The maximum absolute atomic E-state index is 14.6. The van der Waals surface area contributed by atoms with Crippen molar-refractivity contribution in [1.29, 1.82) is 0 Å². The lowest BCUT2D eigenvalue weighted by molar-refractivity contribution is 0.0131. The van der Waals surface area contributed by atoms with Gasteiger partial charge in [-0.15, -0.1) is 0 Å². The van der Waals surface area contributed by atoms with Crippen LogP contribution in [0.5, 0.6) is 5.75 Å². The van der Waals surface area contributed by atoms with E-state index in [1.807, 2.05) is 25.1 Å². The molecule has 290 valence electrons. The fourth-order valence-electron chi connectivity index (χ4n) is 8.53. The average Bonchev–Trinajstić information content (AvgIpc) is 3.45. The van der Waals surface area contributed by atoms with Gasteiger partial charge in [0.25, 0.3) is 11.8 Å². The number of hydrogen-bond donors (Lipinski definition) is 0. The SMILES string of the molecule is COCC#Cc1nn(C)cc1C(=O)/N=C/S1(=O)=NC(=O)c2ccc3c(c2)N(C[C@@H]2CC[C@H]2[C@@H](OC)/C=C/C[C@H](C)C1)C[C@@]1(CCCc2cc(Cl)ccc21)CO3. The number of benzene rings is 2. The van der Waals surface area contributed by atoms with Gasteiger partial charge >= 0.3 is 0 Å². The van der Waals surface area contributed by atoms with Crippen LogP contribution in [0.1, 0.15) is 76.6 Å². The minimum absolute atomic E-state index is 0.0171. The van der Waals surface area contributed by atoms with Crippen LogP contribution in [0.3, 0.4) is 0 Å². The number of aromatic nitrogens is 2. The van der Waals surface area contributed by atoms with E-state index >= 15 is 0 Å². The smallest absolute Gasteiger partial charge is 0.285 e. The molecule has 2 amide bonds. The van der Waals surface area contributed by atoms with Crippen molar-refractivity contribution in [2.24, 2.45) is 34.2 Å². The molecule has 4 aliphatic rings. The molecule has 1 aromatic heterocycles. The zero-order valence-corrected chi connectivity index (χ0v) is 33.4. The number of aryl methyl sites for hydroxylation is 2. The molecular formula is C42H48ClN5O6S. The third kappa shape index (κ3) is 8.46. The third-order valence-electron chi connectivity index (χ3n) is 11.4. The van der Waals surface area contributed by atoms with Gasteiger partial charge in [0.05, 0.1) is 33.7 Å². The van der Waals surface area contributed by atoms with Crippen LogP contribution in [-0.2, 0) is 38.1 Å². The first-order valence-electron chi connectivity index (χ1n) is 18.9. The van der Waals surface area contributed by atoms with Crippen LogP contribution in [0.4, 0.5) is 5.69 Å². The molecular weight excluding hydrogens is 738 g/mol. The molecule has 2 aromatic carbocycles.